The summed E-state index contributed by atoms with van der Waals surface area (Å²) in [6, 6.07) is 30.5. The molecule has 0 saturated heterocycles. The van der Waals surface area contributed by atoms with Crippen LogP contribution in [-0.4, -0.2) is 14.5 Å². The van der Waals surface area contributed by atoms with Gasteiger partial charge in [-0.05, 0) is 30.3 Å². The summed E-state index contributed by atoms with van der Waals surface area (Å²) in [6.45, 7) is 0. The fraction of sp³-hybridized carbons (Fsp3) is 0. The molecule has 3 nitrogen and oxygen atoms in total. The van der Waals surface area contributed by atoms with Gasteiger partial charge in [0, 0.05) is 54.6 Å². The minimum absolute atomic E-state index is 0.888. The molecule has 7 rings (SSSR count). The van der Waals surface area contributed by atoms with Crippen LogP contribution in [-0.2, 0) is 0 Å². The van der Waals surface area contributed by atoms with E-state index in [0.717, 1.165) is 11.4 Å². The molecule has 1 N–H and O–H groups in total. The molecule has 0 unspecified atom stereocenters. The number of para-hydroxylation sites is 1. The molecule has 3 aromatic heterocycles. The minimum atomic E-state index is 0.888. The molecule has 0 aliphatic carbocycles. The number of thiophene rings is 1. The van der Waals surface area contributed by atoms with Gasteiger partial charge >= 0.3 is 0 Å². The predicted octanol–water partition coefficient (Wildman–Crippen LogP) is 7.54. The second kappa shape index (κ2) is 6.30. The smallest absolute Gasteiger partial charge is 0.137 e. The van der Waals surface area contributed by atoms with Gasteiger partial charge in [-0.25, -0.2) is 4.98 Å². The first-order valence-electron chi connectivity index (χ1n) is 10.3. The van der Waals surface area contributed by atoms with Gasteiger partial charge in [0.25, 0.3) is 0 Å². The van der Waals surface area contributed by atoms with E-state index in [2.05, 4.69) is 99.5 Å². The summed E-state index contributed by atoms with van der Waals surface area (Å²) in [4.78, 5) is 7.71. The van der Waals surface area contributed by atoms with Gasteiger partial charge in [0.2, 0.25) is 0 Å². The molecule has 4 aromatic carbocycles. The maximum absolute atomic E-state index is 4.47. The van der Waals surface area contributed by atoms with E-state index < -0.39 is 0 Å². The first kappa shape index (κ1) is 16.9. The van der Waals surface area contributed by atoms with Gasteiger partial charge in [-0.3, -0.25) is 0 Å². The van der Waals surface area contributed by atoms with Crippen LogP contribution < -0.4 is 0 Å². The lowest BCUT2D eigenvalue weighted by Crippen LogP contribution is -1.93. The van der Waals surface area contributed by atoms with E-state index in [1.807, 2.05) is 17.5 Å². The second-order valence-electron chi connectivity index (χ2n) is 7.78. The van der Waals surface area contributed by atoms with E-state index in [-0.39, 0.29) is 0 Å². The van der Waals surface area contributed by atoms with Gasteiger partial charge in [0.15, 0.2) is 0 Å². The predicted molar refractivity (Wildman–Crippen MR) is 131 cm³/mol. The highest BCUT2D eigenvalue weighted by molar-refractivity contribution is 7.26. The van der Waals surface area contributed by atoms with Crippen LogP contribution in [0.2, 0.25) is 0 Å². The van der Waals surface area contributed by atoms with Crippen molar-refractivity contribution in [3.63, 3.8) is 0 Å². The standard InChI is InChI=1S/C27H17N3S/c1-2-6-18(7-3-1)30-22-13-12-20-19-8-4-5-9-24(19)31-26(20)25(22)21-11-10-17(16-23(21)30)27-28-14-15-29-27/h1-16H,(H,28,29). The minimum Gasteiger partial charge on any atom is -0.345 e. The molecule has 0 bridgehead atoms. The number of benzene rings is 4. The Morgan fingerprint density at radius 1 is 0.742 bits per heavy atom. The first-order valence-corrected chi connectivity index (χ1v) is 11.1. The van der Waals surface area contributed by atoms with Crippen molar-refractivity contribution in [1.82, 2.24) is 14.5 Å². The third-order valence-electron chi connectivity index (χ3n) is 6.06. The molecule has 3 heterocycles. The highest BCUT2D eigenvalue weighted by Gasteiger charge is 2.18. The molecular weight excluding hydrogens is 398 g/mol. The normalized spacial score (nSPS) is 11.9. The third-order valence-corrected chi connectivity index (χ3v) is 7.26. The summed E-state index contributed by atoms with van der Waals surface area (Å²) in [5.41, 5.74) is 4.68. The second-order valence-corrected chi connectivity index (χ2v) is 8.83. The van der Waals surface area contributed by atoms with E-state index >= 15 is 0 Å². The molecule has 0 amide bonds. The lowest BCUT2D eigenvalue weighted by Gasteiger charge is -2.08. The fourth-order valence-corrected chi connectivity index (χ4v) is 5.97. The van der Waals surface area contributed by atoms with E-state index in [9.17, 15) is 0 Å². The molecule has 0 radical (unpaired) electrons. The summed E-state index contributed by atoms with van der Waals surface area (Å²) in [5, 5.41) is 5.25. The topological polar surface area (TPSA) is 33.6 Å². The van der Waals surface area contributed by atoms with Crippen LogP contribution in [0.25, 0.3) is 59.1 Å². The van der Waals surface area contributed by atoms with Crippen LogP contribution in [0.1, 0.15) is 0 Å². The van der Waals surface area contributed by atoms with Gasteiger partial charge in [-0.1, -0.05) is 54.6 Å². The molecular formula is C27H17N3S. The van der Waals surface area contributed by atoms with Crippen LogP contribution in [0.4, 0.5) is 0 Å². The Kier molecular flexibility index (Phi) is 3.43. The van der Waals surface area contributed by atoms with Crippen LogP contribution >= 0.6 is 11.3 Å². The van der Waals surface area contributed by atoms with Crippen molar-refractivity contribution < 1.29 is 0 Å². The maximum atomic E-state index is 4.47. The Labute approximate surface area is 182 Å². The van der Waals surface area contributed by atoms with E-state index in [4.69, 9.17) is 0 Å². The molecule has 0 aliphatic rings. The average molecular weight is 416 g/mol. The Morgan fingerprint density at radius 2 is 1.58 bits per heavy atom. The zero-order valence-corrected chi connectivity index (χ0v) is 17.4. The van der Waals surface area contributed by atoms with Crippen LogP contribution in [0.3, 0.4) is 0 Å². The Hall–Kier alpha value is -3.89. The van der Waals surface area contributed by atoms with Crippen molar-refractivity contribution >= 4 is 53.3 Å². The highest BCUT2D eigenvalue weighted by Crippen LogP contribution is 2.43. The lowest BCUT2D eigenvalue weighted by molar-refractivity contribution is 1.18. The number of aromatic amines is 1. The Bertz CT molecular complexity index is 1720. The fourth-order valence-electron chi connectivity index (χ4n) is 4.71. The molecule has 0 fully saturated rings. The number of H-pyrrole nitrogens is 1. The maximum Gasteiger partial charge on any atom is 0.137 e. The largest absolute Gasteiger partial charge is 0.345 e. The third kappa shape index (κ3) is 2.36. The van der Waals surface area contributed by atoms with Gasteiger partial charge < -0.3 is 9.55 Å². The average Bonchev–Trinajstić information content (AvgIpc) is 3.54. The molecule has 7 aromatic rings. The zero-order chi connectivity index (χ0) is 20.4. The number of hydrogen-bond donors (Lipinski definition) is 1. The summed E-state index contributed by atoms with van der Waals surface area (Å²) in [6.07, 6.45) is 3.67. The van der Waals surface area contributed by atoms with Crippen LogP contribution in [0, 0.1) is 0 Å². The Morgan fingerprint density at radius 3 is 2.45 bits per heavy atom. The van der Waals surface area contributed by atoms with Crippen LogP contribution in [0.15, 0.2) is 97.3 Å². The number of imidazole rings is 1. The van der Waals surface area contributed by atoms with Crippen molar-refractivity contribution in [3.8, 4) is 17.1 Å². The molecule has 0 atom stereocenters. The van der Waals surface area contributed by atoms with Gasteiger partial charge in [-0.2, -0.15) is 0 Å². The summed E-state index contributed by atoms with van der Waals surface area (Å²) >= 11 is 1.88. The Balaban J connectivity index is 1.68. The van der Waals surface area contributed by atoms with Crippen molar-refractivity contribution in [2.75, 3.05) is 0 Å². The van der Waals surface area contributed by atoms with Crippen LogP contribution in [0.5, 0.6) is 0 Å². The van der Waals surface area contributed by atoms with E-state index in [1.54, 1.807) is 6.20 Å². The molecule has 4 heteroatoms. The lowest BCUT2D eigenvalue weighted by atomic mass is 10.1. The highest BCUT2D eigenvalue weighted by atomic mass is 32.1. The summed E-state index contributed by atoms with van der Waals surface area (Å²) < 4.78 is 5.06. The first-order chi connectivity index (χ1) is 15.4. The van der Waals surface area contributed by atoms with Crippen molar-refractivity contribution in [2.24, 2.45) is 0 Å². The number of rotatable bonds is 2. The van der Waals surface area contributed by atoms with Gasteiger partial charge in [0.1, 0.15) is 5.82 Å². The molecule has 0 spiro atoms. The quantitative estimate of drug-likeness (QED) is 0.311. The van der Waals surface area contributed by atoms with Crippen molar-refractivity contribution in [1.29, 1.82) is 0 Å². The van der Waals surface area contributed by atoms with Gasteiger partial charge in [-0.15, -0.1) is 11.3 Å². The molecule has 0 saturated carbocycles. The summed E-state index contributed by atoms with van der Waals surface area (Å²) in [5.74, 6) is 0.888. The number of nitrogens with zero attached hydrogens (tertiary/aromatic N) is 2. The SMILES string of the molecule is c1ccc(-n2c3cc(-c4ncc[nH]4)ccc3c3c4sc5ccccc5c4ccc32)cc1. The number of hydrogen-bond acceptors (Lipinski definition) is 2. The molecule has 31 heavy (non-hydrogen) atoms. The number of aromatic nitrogens is 3. The van der Waals surface area contributed by atoms with E-state index in [0.29, 0.717) is 0 Å². The molecule has 0 aliphatic heterocycles. The zero-order valence-electron chi connectivity index (χ0n) is 16.5. The van der Waals surface area contributed by atoms with Gasteiger partial charge in [0.05, 0.1) is 11.0 Å². The van der Waals surface area contributed by atoms with Crippen molar-refractivity contribution in [3.05, 3.63) is 97.3 Å². The number of fused-ring (bicyclic) bond motifs is 7. The van der Waals surface area contributed by atoms with E-state index in [1.165, 1.54) is 47.7 Å². The molecule has 146 valence electrons. The number of nitrogens with one attached hydrogen (secondary N) is 1. The van der Waals surface area contributed by atoms with Crippen molar-refractivity contribution in [2.45, 2.75) is 0 Å². The summed E-state index contributed by atoms with van der Waals surface area (Å²) in [7, 11) is 0. The monoisotopic (exact) mass is 415 g/mol.